The van der Waals surface area contributed by atoms with E-state index >= 15 is 0 Å². The van der Waals surface area contributed by atoms with Gasteiger partial charge in [-0.25, -0.2) is 4.39 Å². The van der Waals surface area contributed by atoms with E-state index in [2.05, 4.69) is 5.32 Å². The highest BCUT2D eigenvalue weighted by Crippen LogP contribution is 2.43. The molecule has 0 spiro atoms. The summed E-state index contributed by atoms with van der Waals surface area (Å²) in [6, 6.07) is 10.1. The van der Waals surface area contributed by atoms with Gasteiger partial charge in [-0.3, -0.25) is 4.79 Å². The van der Waals surface area contributed by atoms with Gasteiger partial charge >= 0.3 is 0 Å². The molecule has 1 amide bonds. The fourth-order valence-corrected chi connectivity index (χ4v) is 2.93. The molecule has 0 aliphatic carbocycles. The molecule has 1 aliphatic heterocycles. The molecule has 0 radical (unpaired) electrons. The summed E-state index contributed by atoms with van der Waals surface area (Å²) in [5.41, 5.74) is 2.30. The number of anilines is 1. The number of aliphatic hydroxyl groups is 1. The molecule has 1 aliphatic rings. The van der Waals surface area contributed by atoms with Gasteiger partial charge in [0.1, 0.15) is 11.9 Å². The highest BCUT2D eigenvalue weighted by atomic mass is 19.1. The summed E-state index contributed by atoms with van der Waals surface area (Å²) in [7, 11) is 0. The number of fused-ring (bicyclic) bond motifs is 1. The van der Waals surface area contributed by atoms with Gasteiger partial charge in [-0.15, -0.1) is 0 Å². The van der Waals surface area contributed by atoms with E-state index in [1.807, 2.05) is 25.1 Å². The van der Waals surface area contributed by atoms with Crippen LogP contribution in [-0.4, -0.2) is 11.0 Å². The van der Waals surface area contributed by atoms with Gasteiger partial charge in [0.15, 0.2) is 0 Å². The quantitative estimate of drug-likeness (QED) is 0.892. The Bertz CT molecular complexity index is 768. The van der Waals surface area contributed by atoms with Gasteiger partial charge in [-0.05, 0) is 49.6 Å². The molecule has 114 valence electrons. The Hall–Kier alpha value is -2.20. The summed E-state index contributed by atoms with van der Waals surface area (Å²) in [6.45, 7) is 5.38. The Balaban J connectivity index is 2.18. The van der Waals surface area contributed by atoms with E-state index in [1.54, 1.807) is 19.9 Å². The van der Waals surface area contributed by atoms with E-state index in [4.69, 9.17) is 0 Å². The summed E-state index contributed by atoms with van der Waals surface area (Å²) in [5, 5.41) is 13.5. The van der Waals surface area contributed by atoms with Crippen molar-refractivity contribution in [1.29, 1.82) is 0 Å². The number of aryl methyl sites for hydroxylation is 1. The summed E-state index contributed by atoms with van der Waals surface area (Å²) in [5.74, 6) is -0.641. The number of hydrogen-bond acceptors (Lipinski definition) is 2. The minimum atomic E-state index is -0.986. The lowest BCUT2D eigenvalue weighted by atomic mass is 9.84. The van der Waals surface area contributed by atoms with Crippen LogP contribution in [0.3, 0.4) is 0 Å². The van der Waals surface area contributed by atoms with Crippen LogP contribution in [0, 0.1) is 12.7 Å². The molecule has 1 heterocycles. The lowest BCUT2D eigenvalue weighted by molar-refractivity contribution is -0.119. The lowest BCUT2D eigenvalue weighted by Crippen LogP contribution is -2.26. The molecule has 3 rings (SSSR count). The number of nitrogens with one attached hydrogen (secondary N) is 1. The molecule has 0 bridgehead atoms. The zero-order valence-electron chi connectivity index (χ0n) is 12.8. The first-order valence-corrected chi connectivity index (χ1v) is 7.21. The Labute approximate surface area is 128 Å². The minimum Gasteiger partial charge on any atom is -0.384 e. The maximum absolute atomic E-state index is 14.0. The van der Waals surface area contributed by atoms with Crippen molar-refractivity contribution < 1.29 is 14.3 Å². The maximum atomic E-state index is 14.0. The zero-order chi connectivity index (χ0) is 16.1. The smallest absolute Gasteiger partial charge is 0.234 e. The van der Waals surface area contributed by atoms with Crippen molar-refractivity contribution in [2.75, 3.05) is 5.32 Å². The van der Waals surface area contributed by atoms with Crippen molar-refractivity contribution in [2.45, 2.75) is 32.3 Å². The Morgan fingerprint density at radius 3 is 2.55 bits per heavy atom. The van der Waals surface area contributed by atoms with Crippen LogP contribution < -0.4 is 5.32 Å². The summed E-state index contributed by atoms with van der Waals surface area (Å²) in [4.78, 5) is 12.1. The number of benzene rings is 2. The Morgan fingerprint density at radius 1 is 1.18 bits per heavy atom. The molecule has 0 saturated heterocycles. The molecule has 2 aromatic rings. The molecular weight excluding hydrogens is 281 g/mol. The van der Waals surface area contributed by atoms with E-state index < -0.39 is 17.3 Å². The molecular formula is C18H18FNO2. The zero-order valence-corrected chi connectivity index (χ0v) is 12.8. The third-order valence-corrected chi connectivity index (χ3v) is 4.39. The van der Waals surface area contributed by atoms with Crippen LogP contribution in [0.5, 0.6) is 0 Å². The van der Waals surface area contributed by atoms with Crippen LogP contribution in [-0.2, 0) is 10.2 Å². The van der Waals surface area contributed by atoms with Crippen LogP contribution >= 0.6 is 0 Å². The molecule has 4 heteroatoms. The topological polar surface area (TPSA) is 49.3 Å². The van der Waals surface area contributed by atoms with Crippen molar-refractivity contribution >= 4 is 11.6 Å². The number of amides is 1. The third kappa shape index (κ3) is 2.11. The van der Waals surface area contributed by atoms with Crippen LogP contribution in [0.15, 0.2) is 36.4 Å². The average Bonchev–Trinajstić information content (AvgIpc) is 2.69. The molecule has 0 saturated carbocycles. The van der Waals surface area contributed by atoms with Crippen molar-refractivity contribution in [2.24, 2.45) is 0 Å². The fraction of sp³-hybridized carbons (Fsp3) is 0.278. The van der Waals surface area contributed by atoms with Gasteiger partial charge in [0.25, 0.3) is 0 Å². The van der Waals surface area contributed by atoms with Crippen LogP contribution in [0.1, 0.15) is 42.2 Å². The first-order valence-electron chi connectivity index (χ1n) is 7.21. The second kappa shape index (κ2) is 4.92. The molecule has 22 heavy (non-hydrogen) atoms. The van der Waals surface area contributed by atoms with Gasteiger partial charge in [-0.1, -0.05) is 24.3 Å². The Morgan fingerprint density at radius 2 is 1.86 bits per heavy atom. The highest BCUT2D eigenvalue weighted by Gasteiger charge is 2.40. The van der Waals surface area contributed by atoms with Gasteiger partial charge in [0.05, 0.1) is 11.1 Å². The van der Waals surface area contributed by atoms with Crippen molar-refractivity contribution in [3.8, 4) is 0 Å². The highest BCUT2D eigenvalue weighted by molar-refractivity contribution is 6.06. The van der Waals surface area contributed by atoms with Crippen molar-refractivity contribution in [3.05, 3.63) is 64.5 Å². The minimum absolute atomic E-state index is 0.189. The van der Waals surface area contributed by atoms with Gasteiger partial charge in [0, 0.05) is 5.56 Å². The molecule has 0 aromatic heterocycles. The predicted octanol–water partition coefficient (Wildman–Crippen LogP) is 3.45. The predicted molar refractivity (Wildman–Crippen MR) is 83.3 cm³/mol. The van der Waals surface area contributed by atoms with Gasteiger partial charge in [0.2, 0.25) is 5.91 Å². The molecule has 2 N–H and O–H groups in total. The second-order valence-corrected chi connectivity index (χ2v) is 6.26. The van der Waals surface area contributed by atoms with E-state index in [1.165, 1.54) is 12.1 Å². The van der Waals surface area contributed by atoms with Gasteiger partial charge < -0.3 is 10.4 Å². The first-order chi connectivity index (χ1) is 10.3. The third-order valence-electron chi connectivity index (χ3n) is 4.39. The Kier molecular flexibility index (Phi) is 3.29. The number of carbonyl (C=O) groups is 1. The molecule has 1 unspecified atom stereocenters. The molecule has 1 atom stereocenters. The van der Waals surface area contributed by atoms with Crippen LogP contribution in [0.4, 0.5) is 10.1 Å². The molecule has 0 fully saturated rings. The SMILES string of the molecule is Cc1ccccc1C(O)c1cc(F)cc2c1NC(=O)C2(C)C. The lowest BCUT2D eigenvalue weighted by Gasteiger charge is -2.19. The normalized spacial score (nSPS) is 17.0. The standard InChI is InChI=1S/C18H18FNO2/c1-10-6-4-5-7-12(10)16(21)13-8-11(19)9-14-15(13)20-17(22)18(14,2)3/h4-9,16,21H,1-3H3,(H,20,22). The van der Waals surface area contributed by atoms with Crippen molar-refractivity contribution in [3.63, 3.8) is 0 Å². The number of rotatable bonds is 2. The van der Waals surface area contributed by atoms with E-state index in [9.17, 15) is 14.3 Å². The number of halogens is 1. The molecule has 2 aromatic carbocycles. The second-order valence-electron chi connectivity index (χ2n) is 6.26. The van der Waals surface area contributed by atoms with Crippen molar-refractivity contribution in [1.82, 2.24) is 0 Å². The summed E-state index contributed by atoms with van der Waals surface area (Å²) < 4.78 is 14.0. The van der Waals surface area contributed by atoms with Gasteiger partial charge in [-0.2, -0.15) is 0 Å². The number of carbonyl (C=O) groups excluding carboxylic acids is 1. The van der Waals surface area contributed by atoms with E-state index in [0.29, 0.717) is 22.4 Å². The average molecular weight is 299 g/mol. The van der Waals surface area contributed by atoms with E-state index in [0.717, 1.165) is 5.56 Å². The summed E-state index contributed by atoms with van der Waals surface area (Å²) >= 11 is 0. The molecule has 3 nitrogen and oxygen atoms in total. The fourth-order valence-electron chi connectivity index (χ4n) is 2.93. The maximum Gasteiger partial charge on any atom is 0.234 e. The van der Waals surface area contributed by atoms with Crippen LogP contribution in [0.25, 0.3) is 0 Å². The monoisotopic (exact) mass is 299 g/mol. The number of hydrogen-bond donors (Lipinski definition) is 2. The summed E-state index contributed by atoms with van der Waals surface area (Å²) in [6.07, 6.45) is -0.986. The van der Waals surface area contributed by atoms with E-state index in [-0.39, 0.29) is 5.91 Å². The largest absolute Gasteiger partial charge is 0.384 e. The first kappa shape index (κ1) is 14.7. The van der Waals surface area contributed by atoms with Crippen LogP contribution in [0.2, 0.25) is 0 Å². The number of aliphatic hydroxyl groups excluding tert-OH is 1.